The van der Waals surface area contributed by atoms with Crippen LogP contribution in [-0.4, -0.2) is 37.5 Å². The maximum atomic E-state index is 12.3. The Bertz CT molecular complexity index is 1290. The van der Waals surface area contributed by atoms with Crippen LogP contribution in [0.2, 0.25) is 0 Å². The van der Waals surface area contributed by atoms with Gasteiger partial charge in [0.2, 0.25) is 5.16 Å². The minimum atomic E-state index is -0.140. The summed E-state index contributed by atoms with van der Waals surface area (Å²) < 4.78 is 5.88. The highest BCUT2D eigenvalue weighted by Crippen LogP contribution is 2.21. The molecule has 0 amide bonds. The molecule has 0 aliphatic heterocycles. The molecule has 32 heavy (non-hydrogen) atoms. The van der Waals surface area contributed by atoms with Crippen LogP contribution in [0.4, 0.5) is 0 Å². The lowest BCUT2D eigenvalue weighted by Crippen LogP contribution is -2.17. The van der Waals surface area contributed by atoms with E-state index in [2.05, 4.69) is 37.0 Å². The molecule has 4 rings (SSSR count). The van der Waals surface area contributed by atoms with Gasteiger partial charge in [-0.2, -0.15) is 0 Å². The summed E-state index contributed by atoms with van der Waals surface area (Å²) in [5.41, 5.74) is 2.41. The van der Waals surface area contributed by atoms with Crippen molar-refractivity contribution in [3.8, 4) is 5.75 Å². The van der Waals surface area contributed by atoms with Gasteiger partial charge >= 0.3 is 0 Å². The Balaban J connectivity index is 1.27. The normalized spacial score (nSPS) is 11.1. The van der Waals surface area contributed by atoms with Crippen molar-refractivity contribution >= 4 is 39.0 Å². The van der Waals surface area contributed by atoms with Crippen molar-refractivity contribution in [2.24, 2.45) is 0 Å². The summed E-state index contributed by atoms with van der Waals surface area (Å²) in [6.07, 6.45) is 0.890. The summed E-state index contributed by atoms with van der Waals surface area (Å²) in [7, 11) is 0. The lowest BCUT2D eigenvalue weighted by Gasteiger charge is -2.11. The van der Waals surface area contributed by atoms with Crippen molar-refractivity contribution in [1.82, 2.24) is 30.5 Å². The number of thiophene rings is 1. The third-order valence-electron chi connectivity index (χ3n) is 4.68. The van der Waals surface area contributed by atoms with Crippen LogP contribution in [0.15, 0.2) is 46.2 Å². The predicted molar refractivity (Wildman–Crippen MR) is 129 cm³/mol. The van der Waals surface area contributed by atoms with Gasteiger partial charge in [0.25, 0.3) is 5.56 Å². The first-order chi connectivity index (χ1) is 15.5. The maximum Gasteiger partial charge on any atom is 0.260 e. The van der Waals surface area contributed by atoms with Crippen LogP contribution in [0.3, 0.4) is 0 Å². The molecule has 0 atom stereocenters. The number of fused-ring (bicyclic) bond motifs is 1. The number of rotatable bonds is 10. The molecular weight excluding hydrogens is 444 g/mol. The lowest BCUT2D eigenvalue weighted by atomic mass is 10.2. The zero-order valence-corrected chi connectivity index (χ0v) is 19.5. The Morgan fingerprint density at radius 1 is 1.31 bits per heavy atom. The third kappa shape index (κ3) is 5.38. The van der Waals surface area contributed by atoms with Gasteiger partial charge in [-0.05, 0) is 48.9 Å². The number of thioether (sulfide) groups is 1. The zero-order chi connectivity index (χ0) is 22.5. The number of hydrogen-bond donors (Lipinski definition) is 3. The minimum absolute atomic E-state index is 0.140. The van der Waals surface area contributed by atoms with Crippen molar-refractivity contribution < 1.29 is 4.74 Å². The van der Waals surface area contributed by atoms with Crippen LogP contribution in [0, 0.1) is 13.8 Å². The highest BCUT2D eigenvalue weighted by molar-refractivity contribution is 7.99. The Morgan fingerprint density at radius 3 is 3.00 bits per heavy atom. The van der Waals surface area contributed by atoms with Gasteiger partial charge in [0.05, 0.1) is 17.7 Å². The van der Waals surface area contributed by atoms with Crippen LogP contribution in [0.5, 0.6) is 5.75 Å². The third-order valence-corrected chi connectivity index (χ3v) is 6.61. The molecular formula is C22H24N6O2S2. The quantitative estimate of drug-likeness (QED) is 0.238. The summed E-state index contributed by atoms with van der Waals surface area (Å²) in [5.74, 6) is 2.98. The van der Waals surface area contributed by atoms with Crippen LogP contribution in [-0.2, 0) is 6.54 Å². The van der Waals surface area contributed by atoms with E-state index in [1.165, 1.54) is 11.3 Å². The van der Waals surface area contributed by atoms with E-state index >= 15 is 0 Å². The number of ether oxygens (including phenoxy) is 1. The second-order valence-electron chi connectivity index (χ2n) is 7.25. The van der Waals surface area contributed by atoms with E-state index in [0.717, 1.165) is 44.9 Å². The molecule has 0 unspecified atom stereocenters. The second kappa shape index (κ2) is 10.0. The van der Waals surface area contributed by atoms with Crippen molar-refractivity contribution in [1.29, 1.82) is 0 Å². The molecule has 0 fully saturated rings. The summed E-state index contributed by atoms with van der Waals surface area (Å²) in [5, 5.41) is 13.5. The lowest BCUT2D eigenvalue weighted by molar-refractivity contribution is 0.318. The molecule has 0 aliphatic carbocycles. The van der Waals surface area contributed by atoms with E-state index in [0.29, 0.717) is 30.1 Å². The number of benzene rings is 1. The van der Waals surface area contributed by atoms with Gasteiger partial charge in [0, 0.05) is 12.3 Å². The largest absolute Gasteiger partial charge is 0.494 e. The Labute approximate surface area is 193 Å². The van der Waals surface area contributed by atoms with E-state index in [-0.39, 0.29) is 5.56 Å². The first kappa shape index (κ1) is 22.1. The van der Waals surface area contributed by atoms with Gasteiger partial charge in [-0.1, -0.05) is 30.5 Å². The molecule has 0 aliphatic rings. The fourth-order valence-electron chi connectivity index (χ4n) is 3.07. The Kier molecular flexibility index (Phi) is 6.91. The van der Waals surface area contributed by atoms with Crippen molar-refractivity contribution in [2.45, 2.75) is 32.0 Å². The number of H-pyrrole nitrogens is 2. The molecule has 3 aromatic heterocycles. The van der Waals surface area contributed by atoms with E-state index < -0.39 is 0 Å². The summed E-state index contributed by atoms with van der Waals surface area (Å²) in [6, 6.07) is 7.90. The van der Waals surface area contributed by atoms with Gasteiger partial charge in [0.1, 0.15) is 16.4 Å². The van der Waals surface area contributed by atoms with Gasteiger partial charge in [-0.25, -0.2) is 9.97 Å². The molecule has 10 heteroatoms. The molecule has 166 valence electrons. The molecule has 3 heterocycles. The average Bonchev–Trinajstić information content (AvgIpc) is 3.37. The highest BCUT2D eigenvalue weighted by atomic mass is 32.2. The van der Waals surface area contributed by atoms with Crippen LogP contribution in [0.25, 0.3) is 15.9 Å². The van der Waals surface area contributed by atoms with Crippen molar-refractivity contribution in [3.63, 3.8) is 0 Å². The summed E-state index contributed by atoms with van der Waals surface area (Å²) >= 11 is 3.07. The molecule has 4 aromatic rings. The minimum Gasteiger partial charge on any atom is -0.494 e. The molecule has 1 aromatic carbocycles. The highest BCUT2D eigenvalue weighted by Gasteiger charge is 2.10. The van der Waals surface area contributed by atoms with Gasteiger partial charge < -0.3 is 15.0 Å². The average molecular weight is 469 g/mol. The fraction of sp³-hybridized carbons (Fsp3) is 0.273. The van der Waals surface area contributed by atoms with Gasteiger partial charge in [0.15, 0.2) is 5.82 Å². The monoisotopic (exact) mass is 468 g/mol. The number of aromatic amines is 2. The maximum absolute atomic E-state index is 12.3. The standard InChI is InChI=1S/C22H24N6O2S2/c1-13-12-32-21-18(13)20(29)25-19(26-21)14(2)23-11-16-6-4-7-17(10-16)30-8-5-9-31-22-24-15(3)27-28-22/h4,6-7,10,12,23H,2,5,8-9,11H2,1,3H3,(H,24,27,28)(H,25,26,29). The van der Waals surface area contributed by atoms with Crippen LogP contribution in [0.1, 0.15) is 29.2 Å². The number of nitrogens with one attached hydrogen (secondary N) is 3. The summed E-state index contributed by atoms with van der Waals surface area (Å²) in [4.78, 5) is 24.7. The van der Waals surface area contributed by atoms with Crippen LogP contribution >= 0.6 is 23.1 Å². The molecule has 0 saturated carbocycles. The first-order valence-corrected chi connectivity index (χ1v) is 12.0. The molecule has 3 N–H and O–H groups in total. The van der Waals surface area contributed by atoms with Crippen LogP contribution < -0.4 is 15.6 Å². The number of hydrogen-bond acceptors (Lipinski definition) is 8. The predicted octanol–water partition coefficient (Wildman–Crippen LogP) is 4.04. The van der Waals surface area contributed by atoms with Crippen molar-refractivity contribution in [3.05, 3.63) is 69.4 Å². The smallest absolute Gasteiger partial charge is 0.260 e. The number of aryl methyl sites for hydroxylation is 2. The topological polar surface area (TPSA) is 109 Å². The fourth-order valence-corrected chi connectivity index (χ4v) is 4.75. The zero-order valence-electron chi connectivity index (χ0n) is 17.9. The first-order valence-electron chi connectivity index (χ1n) is 10.1. The van der Waals surface area contributed by atoms with E-state index in [1.54, 1.807) is 11.8 Å². The van der Waals surface area contributed by atoms with E-state index in [1.807, 2.05) is 43.5 Å². The SMILES string of the molecule is C=C(NCc1cccc(OCCCSc2n[nH]c(C)n2)c1)c1nc2scc(C)c2c(=O)[nH]1. The number of aromatic nitrogens is 5. The summed E-state index contributed by atoms with van der Waals surface area (Å²) in [6.45, 7) is 8.98. The van der Waals surface area contributed by atoms with E-state index in [4.69, 9.17) is 4.74 Å². The molecule has 0 saturated heterocycles. The Hall–Kier alpha value is -3.11. The molecule has 0 spiro atoms. The molecule has 8 nitrogen and oxygen atoms in total. The molecule has 0 bridgehead atoms. The van der Waals surface area contributed by atoms with Gasteiger partial charge in [-0.3, -0.25) is 9.89 Å². The Morgan fingerprint density at radius 2 is 2.19 bits per heavy atom. The van der Waals surface area contributed by atoms with Crippen molar-refractivity contribution in [2.75, 3.05) is 12.4 Å². The van der Waals surface area contributed by atoms with E-state index in [9.17, 15) is 4.79 Å². The molecule has 0 radical (unpaired) electrons. The second-order valence-corrected chi connectivity index (χ2v) is 9.17. The number of nitrogens with zero attached hydrogens (tertiary/aromatic N) is 3. The van der Waals surface area contributed by atoms with Gasteiger partial charge in [-0.15, -0.1) is 16.4 Å².